The van der Waals surface area contributed by atoms with Crippen molar-refractivity contribution in [1.82, 2.24) is 10.6 Å². The van der Waals surface area contributed by atoms with Gasteiger partial charge in [-0.1, -0.05) is 41.5 Å². The van der Waals surface area contributed by atoms with Crippen molar-refractivity contribution in [2.45, 2.75) is 79.1 Å². The summed E-state index contributed by atoms with van der Waals surface area (Å²) in [6.07, 6.45) is 3.87. The average molecular weight is 311 g/mol. The molecule has 2 fully saturated rings. The van der Waals surface area contributed by atoms with E-state index in [-0.39, 0.29) is 6.23 Å². The Morgan fingerprint density at radius 2 is 1.82 bits per heavy atom. The lowest BCUT2D eigenvalue weighted by molar-refractivity contribution is -0.0504. The minimum Gasteiger partial charge on any atom is -0.367 e. The maximum atomic E-state index is 5.64. The minimum absolute atomic E-state index is 0.228. The van der Waals surface area contributed by atoms with E-state index < -0.39 is 0 Å². The predicted octanol–water partition coefficient (Wildman–Crippen LogP) is 3.64. The van der Waals surface area contributed by atoms with E-state index in [4.69, 9.17) is 4.74 Å². The van der Waals surface area contributed by atoms with E-state index in [9.17, 15) is 0 Å². The molecular formula is C19H38N2O. The SMILES string of the molecule is COC1CCC2NCC(C(C)C)C(C(C)(C)CC(C)C)C2N1. The van der Waals surface area contributed by atoms with Gasteiger partial charge in [0.25, 0.3) is 0 Å². The van der Waals surface area contributed by atoms with E-state index in [2.05, 4.69) is 52.2 Å². The highest BCUT2D eigenvalue weighted by Gasteiger charge is 2.49. The van der Waals surface area contributed by atoms with E-state index >= 15 is 0 Å². The second-order valence-electron chi connectivity index (χ2n) is 9.03. The molecule has 2 aliphatic rings. The van der Waals surface area contributed by atoms with Crippen LogP contribution >= 0.6 is 0 Å². The Hall–Kier alpha value is -0.120. The highest BCUT2D eigenvalue weighted by atomic mass is 16.5. The van der Waals surface area contributed by atoms with Crippen LogP contribution in [0.3, 0.4) is 0 Å². The Labute approximate surface area is 138 Å². The first-order chi connectivity index (χ1) is 10.3. The van der Waals surface area contributed by atoms with Crippen LogP contribution in [0, 0.1) is 29.1 Å². The standard InChI is InChI=1S/C19H38N2O/c1-12(2)10-19(5,6)17-14(13(3)4)11-20-15-8-9-16(22-7)21-18(15)17/h12-18,20-21H,8-11H2,1-7H3. The molecule has 5 unspecified atom stereocenters. The number of hydrogen-bond acceptors (Lipinski definition) is 3. The van der Waals surface area contributed by atoms with Crippen LogP contribution in [0.5, 0.6) is 0 Å². The fourth-order valence-electron chi connectivity index (χ4n) is 5.28. The molecule has 0 saturated carbocycles. The third kappa shape index (κ3) is 3.85. The molecule has 0 spiro atoms. The molecule has 5 atom stereocenters. The zero-order chi connectivity index (χ0) is 16.5. The van der Waals surface area contributed by atoms with Gasteiger partial charge in [0, 0.05) is 19.2 Å². The molecule has 130 valence electrons. The molecule has 2 rings (SSSR count). The molecule has 0 amide bonds. The van der Waals surface area contributed by atoms with Crippen LogP contribution in [0.15, 0.2) is 0 Å². The molecule has 0 bridgehead atoms. The molecule has 0 aromatic carbocycles. The Balaban J connectivity index is 2.27. The summed E-state index contributed by atoms with van der Waals surface area (Å²) in [6.45, 7) is 15.7. The van der Waals surface area contributed by atoms with E-state index in [0.717, 1.165) is 24.2 Å². The highest BCUT2D eigenvalue weighted by molar-refractivity contribution is 5.04. The van der Waals surface area contributed by atoms with Gasteiger partial charge < -0.3 is 10.1 Å². The number of fused-ring (bicyclic) bond motifs is 1. The van der Waals surface area contributed by atoms with E-state index in [1.807, 2.05) is 7.11 Å². The normalized spacial score (nSPS) is 36.7. The molecule has 2 heterocycles. The van der Waals surface area contributed by atoms with Crippen molar-refractivity contribution >= 4 is 0 Å². The topological polar surface area (TPSA) is 33.3 Å². The molecule has 0 aliphatic carbocycles. The zero-order valence-electron chi connectivity index (χ0n) is 15.8. The highest BCUT2D eigenvalue weighted by Crippen LogP contribution is 2.46. The third-order valence-electron chi connectivity index (χ3n) is 5.99. The summed E-state index contributed by atoms with van der Waals surface area (Å²) in [5.41, 5.74) is 0.358. The monoisotopic (exact) mass is 310 g/mol. The Bertz CT molecular complexity index is 353. The lowest BCUT2D eigenvalue weighted by Crippen LogP contribution is -2.67. The van der Waals surface area contributed by atoms with Gasteiger partial charge >= 0.3 is 0 Å². The van der Waals surface area contributed by atoms with Gasteiger partial charge in [-0.25, -0.2) is 0 Å². The maximum absolute atomic E-state index is 5.64. The predicted molar refractivity (Wildman–Crippen MR) is 93.8 cm³/mol. The van der Waals surface area contributed by atoms with E-state index in [1.54, 1.807) is 0 Å². The number of hydrogen-bond donors (Lipinski definition) is 2. The van der Waals surface area contributed by atoms with Crippen LogP contribution in [-0.2, 0) is 4.74 Å². The summed E-state index contributed by atoms with van der Waals surface area (Å²) in [7, 11) is 1.84. The second kappa shape index (κ2) is 7.19. The third-order valence-corrected chi connectivity index (χ3v) is 5.99. The molecule has 0 aromatic heterocycles. The quantitative estimate of drug-likeness (QED) is 0.813. The van der Waals surface area contributed by atoms with Gasteiger partial charge in [-0.05, 0) is 54.9 Å². The van der Waals surface area contributed by atoms with Crippen LogP contribution in [0.2, 0.25) is 0 Å². The van der Waals surface area contributed by atoms with Crippen molar-refractivity contribution in [2.75, 3.05) is 13.7 Å². The summed E-state index contributed by atoms with van der Waals surface area (Å²) < 4.78 is 5.64. The van der Waals surface area contributed by atoms with Gasteiger partial charge in [-0.3, -0.25) is 5.32 Å². The van der Waals surface area contributed by atoms with Gasteiger partial charge in [0.05, 0.1) is 0 Å². The van der Waals surface area contributed by atoms with Crippen LogP contribution in [0.4, 0.5) is 0 Å². The minimum atomic E-state index is 0.228. The molecular weight excluding hydrogens is 272 g/mol. The second-order valence-corrected chi connectivity index (χ2v) is 9.03. The zero-order valence-corrected chi connectivity index (χ0v) is 15.8. The summed E-state index contributed by atoms with van der Waals surface area (Å²) in [5, 5.41) is 7.67. The molecule has 2 saturated heterocycles. The molecule has 3 heteroatoms. The van der Waals surface area contributed by atoms with Gasteiger partial charge in [0.2, 0.25) is 0 Å². The van der Waals surface area contributed by atoms with Crippen LogP contribution in [0.25, 0.3) is 0 Å². The first-order valence-electron chi connectivity index (χ1n) is 9.28. The molecule has 22 heavy (non-hydrogen) atoms. The fourth-order valence-corrected chi connectivity index (χ4v) is 5.28. The van der Waals surface area contributed by atoms with E-state index in [1.165, 1.54) is 19.4 Å². The summed E-state index contributed by atoms with van der Waals surface area (Å²) >= 11 is 0. The van der Waals surface area contributed by atoms with Crippen molar-refractivity contribution in [3.8, 4) is 0 Å². The van der Waals surface area contributed by atoms with Crippen LogP contribution in [-0.4, -0.2) is 32.0 Å². The van der Waals surface area contributed by atoms with Gasteiger partial charge in [-0.2, -0.15) is 0 Å². The van der Waals surface area contributed by atoms with Crippen molar-refractivity contribution in [3.05, 3.63) is 0 Å². The smallest absolute Gasteiger partial charge is 0.108 e. The van der Waals surface area contributed by atoms with Crippen molar-refractivity contribution < 1.29 is 4.74 Å². The maximum Gasteiger partial charge on any atom is 0.108 e. The largest absolute Gasteiger partial charge is 0.367 e. The Kier molecular flexibility index (Phi) is 5.95. The summed E-state index contributed by atoms with van der Waals surface area (Å²) in [5.74, 6) is 2.91. The first-order valence-corrected chi connectivity index (χ1v) is 9.28. The number of piperidine rings is 2. The van der Waals surface area contributed by atoms with E-state index in [0.29, 0.717) is 23.4 Å². The number of nitrogens with one attached hydrogen (secondary N) is 2. The first kappa shape index (κ1) is 18.2. The molecule has 0 aromatic rings. The average Bonchev–Trinajstić information content (AvgIpc) is 2.43. The molecule has 2 aliphatic heterocycles. The van der Waals surface area contributed by atoms with Gasteiger partial charge in [0.15, 0.2) is 0 Å². The molecule has 2 N–H and O–H groups in total. The lowest BCUT2D eigenvalue weighted by atomic mass is 9.59. The van der Waals surface area contributed by atoms with Crippen molar-refractivity contribution in [2.24, 2.45) is 29.1 Å². The van der Waals surface area contributed by atoms with Gasteiger partial charge in [-0.15, -0.1) is 0 Å². The number of rotatable bonds is 5. The number of methoxy groups -OCH3 is 1. The van der Waals surface area contributed by atoms with Crippen LogP contribution < -0.4 is 10.6 Å². The molecule has 3 nitrogen and oxygen atoms in total. The molecule has 0 radical (unpaired) electrons. The summed E-state index contributed by atoms with van der Waals surface area (Å²) in [4.78, 5) is 0. The van der Waals surface area contributed by atoms with Gasteiger partial charge in [0.1, 0.15) is 6.23 Å². The Morgan fingerprint density at radius 1 is 1.14 bits per heavy atom. The Morgan fingerprint density at radius 3 is 2.36 bits per heavy atom. The van der Waals surface area contributed by atoms with Crippen molar-refractivity contribution in [1.29, 1.82) is 0 Å². The van der Waals surface area contributed by atoms with Crippen molar-refractivity contribution in [3.63, 3.8) is 0 Å². The lowest BCUT2D eigenvalue weighted by Gasteiger charge is -2.55. The van der Waals surface area contributed by atoms with Crippen LogP contribution in [0.1, 0.15) is 60.8 Å². The fraction of sp³-hybridized carbons (Fsp3) is 1.00. The summed E-state index contributed by atoms with van der Waals surface area (Å²) in [6, 6.07) is 1.14. The number of ether oxygens (including phenoxy) is 1.